The van der Waals surface area contributed by atoms with Gasteiger partial charge in [0.2, 0.25) is 0 Å². The number of aromatic nitrogens is 2. The number of thiophene rings is 1. The van der Waals surface area contributed by atoms with Crippen molar-refractivity contribution < 1.29 is 4.79 Å². The molecule has 0 aliphatic heterocycles. The molecule has 0 unspecified atom stereocenters. The minimum absolute atomic E-state index is 0.145. The molecule has 0 aliphatic rings. The number of hydrogen-bond donors (Lipinski definition) is 0. The zero-order valence-electron chi connectivity index (χ0n) is 9.93. The fourth-order valence-corrected chi connectivity index (χ4v) is 2.36. The summed E-state index contributed by atoms with van der Waals surface area (Å²) >= 11 is 1.66. The van der Waals surface area contributed by atoms with E-state index in [4.69, 9.17) is 0 Å². The lowest BCUT2D eigenvalue weighted by molar-refractivity contribution is 0.0981. The zero-order valence-corrected chi connectivity index (χ0v) is 10.8. The summed E-state index contributed by atoms with van der Waals surface area (Å²) < 4.78 is 0. The minimum atomic E-state index is 0.145. The molecule has 3 nitrogen and oxygen atoms in total. The van der Waals surface area contributed by atoms with Crippen molar-refractivity contribution in [2.45, 2.75) is 26.7 Å². The molecular weight excluding hydrogens is 232 g/mol. The minimum Gasteiger partial charge on any atom is -0.294 e. The summed E-state index contributed by atoms with van der Waals surface area (Å²) in [6, 6.07) is 3.87. The third-order valence-electron chi connectivity index (χ3n) is 2.62. The van der Waals surface area contributed by atoms with E-state index in [9.17, 15) is 4.79 Å². The maximum absolute atomic E-state index is 12.0. The van der Waals surface area contributed by atoms with Crippen LogP contribution in [0.5, 0.6) is 0 Å². The fraction of sp³-hybridized carbons (Fsp3) is 0.308. The Balaban J connectivity index is 2.07. The molecule has 4 heteroatoms. The van der Waals surface area contributed by atoms with Gasteiger partial charge >= 0.3 is 0 Å². The normalized spacial score (nSPS) is 10.5. The predicted octanol–water partition coefficient (Wildman–Crippen LogP) is 2.97. The van der Waals surface area contributed by atoms with Gasteiger partial charge in [-0.2, -0.15) is 21.5 Å². The molecule has 2 heterocycles. The standard InChI is InChI=1S/C13H14N2OS/c1-9-7-12(10(2)15-14-9)13(16)4-3-11-5-6-17-8-11/h5-8H,3-4H2,1-2H3. The number of carbonyl (C=O) groups excluding carboxylic acids is 1. The van der Waals surface area contributed by atoms with Gasteiger partial charge in [0.1, 0.15) is 0 Å². The molecule has 0 aliphatic carbocycles. The summed E-state index contributed by atoms with van der Waals surface area (Å²) in [7, 11) is 0. The highest BCUT2D eigenvalue weighted by atomic mass is 32.1. The third kappa shape index (κ3) is 2.97. The molecule has 0 saturated heterocycles. The van der Waals surface area contributed by atoms with E-state index in [1.54, 1.807) is 11.3 Å². The lowest BCUT2D eigenvalue weighted by atomic mass is 10.0. The van der Waals surface area contributed by atoms with Crippen LogP contribution >= 0.6 is 11.3 Å². The second-order valence-electron chi connectivity index (χ2n) is 4.04. The lowest BCUT2D eigenvalue weighted by Gasteiger charge is -2.03. The Hall–Kier alpha value is -1.55. The number of rotatable bonds is 4. The van der Waals surface area contributed by atoms with Crippen LogP contribution in [0.15, 0.2) is 22.9 Å². The van der Waals surface area contributed by atoms with Crippen LogP contribution in [0.25, 0.3) is 0 Å². The SMILES string of the molecule is Cc1cc(C(=O)CCc2ccsc2)c(C)nn1. The first-order valence-electron chi connectivity index (χ1n) is 5.52. The van der Waals surface area contributed by atoms with Crippen molar-refractivity contribution in [3.05, 3.63) is 45.4 Å². The van der Waals surface area contributed by atoms with Crippen LogP contribution in [0.2, 0.25) is 0 Å². The molecule has 0 aromatic carbocycles. The highest BCUT2D eigenvalue weighted by Gasteiger charge is 2.11. The van der Waals surface area contributed by atoms with Crippen molar-refractivity contribution in [3.8, 4) is 0 Å². The van der Waals surface area contributed by atoms with Gasteiger partial charge in [-0.25, -0.2) is 0 Å². The summed E-state index contributed by atoms with van der Waals surface area (Å²) in [6.07, 6.45) is 1.33. The maximum Gasteiger partial charge on any atom is 0.165 e. The summed E-state index contributed by atoms with van der Waals surface area (Å²) in [5.74, 6) is 0.145. The van der Waals surface area contributed by atoms with Gasteiger partial charge in [0.05, 0.1) is 11.4 Å². The van der Waals surface area contributed by atoms with E-state index in [1.165, 1.54) is 5.56 Å². The van der Waals surface area contributed by atoms with Crippen LogP contribution in [0, 0.1) is 13.8 Å². The van der Waals surface area contributed by atoms with Gasteiger partial charge in [0, 0.05) is 12.0 Å². The number of carbonyl (C=O) groups is 1. The Morgan fingerprint density at radius 2 is 2.18 bits per heavy atom. The van der Waals surface area contributed by atoms with E-state index in [0.717, 1.165) is 12.1 Å². The summed E-state index contributed by atoms with van der Waals surface area (Å²) in [4.78, 5) is 12.0. The Bertz CT molecular complexity index is 520. The van der Waals surface area contributed by atoms with E-state index in [2.05, 4.69) is 21.6 Å². The second-order valence-corrected chi connectivity index (χ2v) is 4.82. The molecule has 0 fully saturated rings. The Kier molecular flexibility index (Phi) is 3.64. The van der Waals surface area contributed by atoms with Crippen LogP contribution in [0.3, 0.4) is 0 Å². The number of nitrogens with zero attached hydrogens (tertiary/aromatic N) is 2. The van der Waals surface area contributed by atoms with E-state index < -0.39 is 0 Å². The predicted molar refractivity (Wildman–Crippen MR) is 68.5 cm³/mol. The molecule has 0 saturated carbocycles. The number of hydrogen-bond acceptors (Lipinski definition) is 4. The number of ketones is 1. The van der Waals surface area contributed by atoms with Crippen molar-refractivity contribution in [1.29, 1.82) is 0 Å². The molecule has 0 bridgehead atoms. The average molecular weight is 246 g/mol. The quantitative estimate of drug-likeness (QED) is 0.779. The fourth-order valence-electron chi connectivity index (χ4n) is 1.66. The monoisotopic (exact) mass is 246 g/mol. The molecule has 0 amide bonds. The van der Waals surface area contributed by atoms with Gasteiger partial charge in [-0.1, -0.05) is 0 Å². The summed E-state index contributed by atoms with van der Waals surface area (Å²) in [6.45, 7) is 3.67. The van der Waals surface area contributed by atoms with Crippen molar-refractivity contribution >= 4 is 17.1 Å². The Morgan fingerprint density at radius 3 is 2.88 bits per heavy atom. The largest absolute Gasteiger partial charge is 0.294 e. The molecule has 0 spiro atoms. The van der Waals surface area contributed by atoms with Crippen molar-refractivity contribution in [2.24, 2.45) is 0 Å². The van der Waals surface area contributed by atoms with Crippen molar-refractivity contribution in [2.75, 3.05) is 0 Å². The van der Waals surface area contributed by atoms with Gasteiger partial charge in [-0.3, -0.25) is 4.79 Å². The van der Waals surface area contributed by atoms with Crippen molar-refractivity contribution in [1.82, 2.24) is 10.2 Å². The van der Waals surface area contributed by atoms with Crippen LogP contribution in [0.1, 0.15) is 33.7 Å². The van der Waals surface area contributed by atoms with Gasteiger partial charge in [0.25, 0.3) is 0 Å². The molecule has 2 aromatic rings. The first-order valence-corrected chi connectivity index (χ1v) is 6.46. The molecule has 17 heavy (non-hydrogen) atoms. The molecular formula is C13H14N2OS. The molecule has 0 atom stereocenters. The van der Waals surface area contributed by atoms with E-state index in [0.29, 0.717) is 17.7 Å². The summed E-state index contributed by atoms with van der Waals surface area (Å²) in [5, 5.41) is 12.0. The highest BCUT2D eigenvalue weighted by Crippen LogP contribution is 2.13. The molecule has 2 aromatic heterocycles. The van der Waals surface area contributed by atoms with E-state index >= 15 is 0 Å². The molecule has 0 radical (unpaired) electrons. The number of Topliss-reactive ketones (excluding diaryl/α,β-unsaturated/α-hetero) is 1. The van der Waals surface area contributed by atoms with Gasteiger partial charge in [-0.05, 0) is 48.7 Å². The summed E-state index contributed by atoms with van der Waals surface area (Å²) in [5.41, 5.74) is 3.42. The van der Waals surface area contributed by atoms with Crippen LogP contribution < -0.4 is 0 Å². The average Bonchev–Trinajstić information content (AvgIpc) is 2.82. The maximum atomic E-state index is 12.0. The lowest BCUT2D eigenvalue weighted by Crippen LogP contribution is -2.06. The van der Waals surface area contributed by atoms with Crippen LogP contribution in [0.4, 0.5) is 0 Å². The highest BCUT2D eigenvalue weighted by molar-refractivity contribution is 7.07. The molecule has 88 valence electrons. The molecule has 0 N–H and O–H groups in total. The smallest absolute Gasteiger partial charge is 0.165 e. The van der Waals surface area contributed by atoms with Crippen molar-refractivity contribution in [3.63, 3.8) is 0 Å². The number of aryl methyl sites for hydroxylation is 3. The Labute approximate surface area is 105 Å². The van der Waals surface area contributed by atoms with Crippen LogP contribution in [-0.2, 0) is 6.42 Å². The van der Waals surface area contributed by atoms with Gasteiger partial charge in [0.15, 0.2) is 5.78 Å². The Morgan fingerprint density at radius 1 is 1.35 bits per heavy atom. The first kappa shape index (κ1) is 11.9. The van der Waals surface area contributed by atoms with E-state index in [1.807, 2.05) is 25.3 Å². The van der Waals surface area contributed by atoms with Gasteiger partial charge in [-0.15, -0.1) is 0 Å². The topological polar surface area (TPSA) is 42.9 Å². The van der Waals surface area contributed by atoms with E-state index in [-0.39, 0.29) is 5.78 Å². The molecule has 2 rings (SSSR count). The third-order valence-corrected chi connectivity index (χ3v) is 3.35. The van der Waals surface area contributed by atoms with Gasteiger partial charge < -0.3 is 0 Å². The van der Waals surface area contributed by atoms with Crippen LogP contribution in [-0.4, -0.2) is 16.0 Å². The zero-order chi connectivity index (χ0) is 12.3. The second kappa shape index (κ2) is 5.19. The first-order chi connectivity index (χ1) is 8.16.